The van der Waals surface area contributed by atoms with Crippen molar-refractivity contribution >= 4 is 25.5 Å². The SMILES string of the molecule is CC/C=C\C/C=C\C/C=C\C/C=C\C/C=C\C/C=C\CCC(=O)O[C@H](COC(=O)CCC/C=C\C[C@H]1C(=O)C[C@@H](O)[C@@H]1/C=C/[C@@H](O)CCCCC)COP(=O)([O-])OCC[N+](C)(C)C. The molecule has 0 heterocycles. The summed E-state index contributed by atoms with van der Waals surface area (Å²) in [6.07, 6.45) is 41.1. The van der Waals surface area contributed by atoms with Crippen molar-refractivity contribution in [2.75, 3.05) is 47.5 Å². The monoisotopic (exact) mass is 902 g/mol. The molecular formula is C50H80NO11P. The second kappa shape index (κ2) is 35.8. The van der Waals surface area contributed by atoms with Crippen molar-refractivity contribution in [2.24, 2.45) is 11.8 Å². The quantitative estimate of drug-likeness (QED) is 0.0202. The van der Waals surface area contributed by atoms with Gasteiger partial charge in [0.2, 0.25) is 0 Å². The van der Waals surface area contributed by atoms with Gasteiger partial charge in [-0.05, 0) is 70.6 Å². The zero-order chi connectivity index (χ0) is 46.6. The van der Waals surface area contributed by atoms with Crippen LogP contribution in [-0.2, 0) is 37.5 Å². The van der Waals surface area contributed by atoms with Gasteiger partial charge < -0.3 is 38.1 Å². The largest absolute Gasteiger partial charge is 0.756 e. The van der Waals surface area contributed by atoms with Gasteiger partial charge in [-0.25, -0.2) is 0 Å². The number of hydrogen-bond acceptors (Lipinski definition) is 11. The molecule has 356 valence electrons. The summed E-state index contributed by atoms with van der Waals surface area (Å²) >= 11 is 0. The highest BCUT2D eigenvalue weighted by molar-refractivity contribution is 7.45. The number of nitrogens with zero attached hydrogens (tertiary/aromatic N) is 1. The summed E-state index contributed by atoms with van der Waals surface area (Å²) in [5.74, 6) is -1.89. The third-order valence-corrected chi connectivity index (χ3v) is 10.9. The zero-order valence-electron chi connectivity index (χ0n) is 38.9. The van der Waals surface area contributed by atoms with E-state index in [1.54, 1.807) is 12.2 Å². The summed E-state index contributed by atoms with van der Waals surface area (Å²) in [4.78, 5) is 50.3. The van der Waals surface area contributed by atoms with Gasteiger partial charge in [0, 0.05) is 31.1 Å². The van der Waals surface area contributed by atoms with E-state index < -0.39 is 51.3 Å². The molecule has 0 aliphatic heterocycles. The molecule has 0 saturated heterocycles. The molecule has 1 rings (SSSR count). The number of Topliss-reactive ketones (excluding diaryl/α,β-unsaturated/α-hetero) is 1. The van der Waals surface area contributed by atoms with Gasteiger partial charge in [0.1, 0.15) is 25.5 Å². The number of hydrogen-bond donors (Lipinski definition) is 2. The minimum absolute atomic E-state index is 0.0113. The number of likely N-dealkylation sites (N-methyl/N-ethyl adjacent to an activating group) is 1. The van der Waals surface area contributed by atoms with Crippen LogP contribution in [0.15, 0.2) is 97.2 Å². The smallest absolute Gasteiger partial charge is 0.306 e. The standard InChI is InChI=1S/C50H80NO11P/c1-6-8-10-11-12-13-14-15-16-17-18-19-20-21-22-23-24-25-31-35-50(56)62-44(42-61-63(57,58)60-39-38-51(3,4)5)41-59-49(55)34-30-27-26-29-33-45-46(48(54)40-47(45)53)37-36-43(52)32-28-9-7-2/h8,10,12-13,15-16,18-19,21-22,24-26,29,36-37,43-46,48,52,54H,6-7,9,11,14,17,20,23,27-28,30-35,38-42H2,1-5H3/b10-8-,13-12-,16-15-,19-18-,22-21-,25-24-,29-26-,37-36+/t43-,44+,45+,46+,48+/m0/s1. The summed E-state index contributed by atoms with van der Waals surface area (Å²) < 4.78 is 33.7. The number of allylic oxidation sites excluding steroid dienone is 14. The lowest BCUT2D eigenvalue weighted by Gasteiger charge is -2.28. The third kappa shape index (κ3) is 32.8. The Kier molecular flexibility index (Phi) is 32.7. The first-order valence-electron chi connectivity index (χ1n) is 23.0. The molecule has 0 amide bonds. The molecule has 1 aliphatic carbocycles. The molecule has 0 aromatic heterocycles. The van der Waals surface area contributed by atoms with Gasteiger partial charge in [0.25, 0.3) is 7.82 Å². The molecule has 2 N–H and O–H groups in total. The first-order chi connectivity index (χ1) is 30.2. The Labute approximate surface area is 379 Å². The second-order valence-electron chi connectivity index (χ2n) is 16.8. The van der Waals surface area contributed by atoms with Crippen LogP contribution in [0.4, 0.5) is 0 Å². The van der Waals surface area contributed by atoms with Crippen LogP contribution < -0.4 is 4.89 Å². The van der Waals surface area contributed by atoms with Crippen LogP contribution in [0.1, 0.15) is 123 Å². The van der Waals surface area contributed by atoms with Crippen LogP contribution in [0.3, 0.4) is 0 Å². The predicted molar refractivity (Wildman–Crippen MR) is 250 cm³/mol. The number of rotatable bonds is 36. The number of ether oxygens (including phenoxy) is 2. The fourth-order valence-corrected chi connectivity index (χ4v) is 7.04. The molecule has 1 aliphatic rings. The first kappa shape index (κ1) is 57.5. The number of esters is 2. The highest BCUT2D eigenvalue weighted by atomic mass is 31.2. The van der Waals surface area contributed by atoms with Crippen molar-refractivity contribution in [1.29, 1.82) is 0 Å². The summed E-state index contributed by atoms with van der Waals surface area (Å²) in [5, 5.41) is 20.7. The summed E-state index contributed by atoms with van der Waals surface area (Å²) in [6.45, 7) is 3.58. The average Bonchev–Trinajstić information content (AvgIpc) is 3.50. The fraction of sp³-hybridized carbons (Fsp3) is 0.620. The van der Waals surface area contributed by atoms with Crippen LogP contribution in [0.2, 0.25) is 0 Å². The van der Waals surface area contributed by atoms with Gasteiger partial charge in [-0.3, -0.25) is 18.9 Å². The highest BCUT2D eigenvalue weighted by Gasteiger charge is 2.39. The summed E-state index contributed by atoms with van der Waals surface area (Å²) in [6, 6.07) is 0. The maximum atomic E-state index is 12.7. The normalized spacial score (nSPS) is 19.7. The van der Waals surface area contributed by atoms with Crippen LogP contribution in [0.25, 0.3) is 0 Å². The number of quaternary nitrogens is 1. The molecule has 1 saturated carbocycles. The molecular weight excluding hydrogens is 822 g/mol. The van der Waals surface area contributed by atoms with Crippen LogP contribution in [-0.4, -0.2) is 98.2 Å². The van der Waals surface area contributed by atoms with Gasteiger partial charge in [-0.15, -0.1) is 0 Å². The summed E-state index contributed by atoms with van der Waals surface area (Å²) in [7, 11) is 0.954. The van der Waals surface area contributed by atoms with Gasteiger partial charge in [0.05, 0.1) is 40.0 Å². The first-order valence-corrected chi connectivity index (χ1v) is 24.5. The fourth-order valence-electron chi connectivity index (χ4n) is 6.31. The molecule has 0 bridgehead atoms. The van der Waals surface area contributed by atoms with E-state index in [1.165, 1.54) is 0 Å². The van der Waals surface area contributed by atoms with Crippen molar-refractivity contribution < 1.29 is 57.1 Å². The number of unbranched alkanes of at least 4 members (excludes halogenated alkanes) is 3. The minimum atomic E-state index is -4.72. The molecule has 12 nitrogen and oxygen atoms in total. The minimum Gasteiger partial charge on any atom is -0.756 e. The molecule has 0 radical (unpaired) electrons. The molecule has 0 aromatic carbocycles. The predicted octanol–water partition coefficient (Wildman–Crippen LogP) is 9.31. The van der Waals surface area contributed by atoms with Crippen molar-refractivity contribution in [2.45, 2.75) is 141 Å². The van der Waals surface area contributed by atoms with Crippen LogP contribution in [0, 0.1) is 11.8 Å². The van der Waals surface area contributed by atoms with E-state index in [4.69, 9.17) is 18.5 Å². The maximum absolute atomic E-state index is 12.7. The summed E-state index contributed by atoms with van der Waals surface area (Å²) in [5.41, 5.74) is 0. The van der Waals surface area contributed by atoms with Crippen LogP contribution >= 0.6 is 7.82 Å². The van der Waals surface area contributed by atoms with Gasteiger partial charge in [-0.1, -0.05) is 130 Å². The lowest BCUT2D eigenvalue weighted by Crippen LogP contribution is -2.37. The Balaban J connectivity index is 2.55. The van der Waals surface area contributed by atoms with E-state index in [9.17, 15) is 34.1 Å². The van der Waals surface area contributed by atoms with E-state index in [1.807, 2.05) is 45.4 Å². The van der Waals surface area contributed by atoms with Crippen LogP contribution in [0.5, 0.6) is 0 Å². The Morgan fingerprint density at radius 1 is 0.778 bits per heavy atom. The number of phosphoric ester groups is 1. The average molecular weight is 902 g/mol. The Bertz CT molecular complexity index is 1550. The Hall–Kier alpha value is -3.48. The van der Waals surface area contributed by atoms with Crippen molar-refractivity contribution in [3.63, 3.8) is 0 Å². The van der Waals surface area contributed by atoms with Crippen molar-refractivity contribution in [1.82, 2.24) is 0 Å². The maximum Gasteiger partial charge on any atom is 0.306 e. The number of carbonyl (C=O) groups is 3. The van der Waals surface area contributed by atoms with E-state index >= 15 is 0 Å². The lowest BCUT2D eigenvalue weighted by atomic mass is 9.90. The molecule has 1 unspecified atom stereocenters. The number of ketones is 1. The molecule has 0 aromatic rings. The Morgan fingerprint density at radius 2 is 1.37 bits per heavy atom. The zero-order valence-corrected chi connectivity index (χ0v) is 39.8. The molecule has 1 fully saturated rings. The number of aliphatic hydroxyl groups excluding tert-OH is 2. The Morgan fingerprint density at radius 3 is 1.95 bits per heavy atom. The van der Waals surface area contributed by atoms with E-state index in [0.717, 1.165) is 51.4 Å². The topological polar surface area (TPSA) is 169 Å². The lowest BCUT2D eigenvalue weighted by molar-refractivity contribution is -0.870. The van der Waals surface area contributed by atoms with Gasteiger partial charge in [-0.2, -0.15) is 0 Å². The van der Waals surface area contributed by atoms with E-state index in [2.05, 4.69) is 74.6 Å². The number of carbonyl (C=O) groups excluding carboxylic acids is 3. The molecule has 63 heavy (non-hydrogen) atoms. The molecule has 0 spiro atoms. The van der Waals surface area contributed by atoms with E-state index in [-0.39, 0.29) is 43.5 Å². The van der Waals surface area contributed by atoms with Gasteiger partial charge in [0.15, 0.2) is 6.10 Å². The number of phosphoric acid groups is 1. The van der Waals surface area contributed by atoms with E-state index in [0.29, 0.717) is 49.6 Å². The number of aliphatic hydroxyl groups is 2. The van der Waals surface area contributed by atoms with Crippen molar-refractivity contribution in [3.8, 4) is 0 Å². The second-order valence-corrected chi connectivity index (χ2v) is 18.2. The third-order valence-electron chi connectivity index (χ3n) is 9.97. The van der Waals surface area contributed by atoms with Gasteiger partial charge >= 0.3 is 11.9 Å². The van der Waals surface area contributed by atoms with Crippen molar-refractivity contribution in [3.05, 3.63) is 97.2 Å². The highest BCUT2D eigenvalue weighted by Crippen LogP contribution is 2.38. The molecule has 6 atom stereocenters. The molecule has 13 heteroatoms.